The van der Waals surface area contributed by atoms with Crippen molar-refractivity contribution < 1.29 is 32.5 Å². The van der Waals surface area contributed by atoms with Crippen LogP contribution in [0.15, 0.2) is 247 Å². The Hall–Kier alpha value is -7.36. The molecule has 9 nitrogen and oxygen atoms in total. The third kappa shape index (κ3) is 9.13. The topological polar surface area (TPSA) is 89.0 Å². The van der Waals surface area contributed by atoms with E-state index in [1.54, 1.807) is 0 Å². The summed E-state index contributed by atoms with van der Waals surface area (Å²) in [4.78, 5) is 5.14. The molecule has 0 aliphatic carbocycles. The number of nitrogens with one attached hydrogen (secondary N) is 1. The van der Waals surface area contributed by atoms with Crippen molar-refractivity contribution in [3.63, 3.8) is 0 Å². The highest BCUT2D eigenvalue weighted by Crippen LogP contribution is 2.65. The molecule has 364 valence electrons. The zero-order valence-corrected chi connectivity index (χ0v) is 41.5. The highest BCUT2D eigenvalue weighted by molar-refractivity contribution is 7.42. The van der Waals surface area contributed by atoms with Crippen LogP contribution in [-0.4, -0.2) is 37.1 Å². The Morgan fingerprint density at radius 3 is 1.55 bits per heavy atom. The number of nitrogens with zero attached hydrogens (tertiary/aromatic N) is 1. The van der Waals surface area contributed by atoms with E-state index in [-0.39, 0.29) is 12.1 Å². The van der Waals surface area contributed by atoms with Gasteiger partial charge in [0.05, 0.1) is 11.6 Å². The summed E-state index contributed by atoms with van der Waals surface area (Å²) < 4.78 is 49.7. The Morgan fingerprint density at radius 1 is 0.534 bits per heavy atom. The molecule has 3 saturated heterocycles. The molecule has 0 amide bonds. The van der Waals surface area contributed by atoms with Crippen LogP contribution < -0.4 is 9.84 Å². The Labute approximate surface area is 428 Å². The molecule has 0 bridgehead atoms. The summed E-state index contributed by atoms with van der Waals surface area (Å²) in [5, 5.41) is 3.67. The van der Waals surface area contributed by atoms with Gasteiger partial charge in [0, 0.05) is 6.42 Å². The molecule has 0 spiro atoms. The van der Waals surface area contributed by atoms with E-state index in [0.717, 1.165) is 55.6 Å². The fraction of sp³-hybridized carbons (Fsp3) is 0.190. The second-order valence-corrected chi connectivity index (χ2v) is 20.2. The minimum Gasteiger partial charge on any atom is -0.476 e. The average molecular weight is 983 g/mol. The molecule has 4 aliphatic heterocycles. The summed E-state index contributed by atoms with van der Waals surface area (Å²) in [5.41, 5.74) is 7.17. The van der Waals surface area contributed by atoms with Gasteiger partial charge in [0.15, 0.2) is 22.9 Å². The molecule has 3 fully saturated rings. The van der Waals surface area contributed by atoms with Crippen LogP contribution >= 0.6 is 8.60 Å². The van der Waals surface area contributed by atoms with Crippen molar-refractivity contribution >= 4 is 14.5 Å². The van der Waals surface area contributed by atoms with Crippen molar-refractivity contribution in [3.05, 3.63) is 281 Å². The van der Waals surface area contributed by atoms with E-state index in [9.17, 15) is 0 Å². The van der Waals surface area contributed by atoms with Gasteiger partial charge in [0.25, 0.3) is 0 Å². The highest BCUT2D eigenvalue weighted by atomic mass is 31.2. The summed E-state index contributed by atoms with van der Waals surface area (Å²) in [6, 6.07) is 78.2. The van der Waals surface area contributed by atoms with Crippen molar-refractivity contribution in [1.82, 2.24) is 5.32 Å². The number of hydrogen-bond donors (Lipinski definition) is 1. The Balaban J connectivity index is 0.926. The SMILES string of the molecule is CC1(C)O[C@@H]2[C@@H](O1)C(c1ccccc1)(c1ccccc1)OP(Oc1cccc(-c3cccc(C/C(C4=N[C@@H](c5ccccc5)CO4)=C4/N[C@@H](c5ccccc5)CO4)c3)c1)OC2(c1ccccc1)c1ccccc1. The predicted molar refractivity (Wildman–Crippen MR) is 284 cm³/mol. The molecule has 4 aliphatic rings. The van der Waals surface area contributed by atoms with Crippen LogP contribution in [0.1, 0.15) is 64.9 Å². The van der Waals surface area contributed by atoms with Gasteiger partial charge in [0.1, 0.15) is 37.2 Å². The largest absolute Gasteiger partial charge is 0.476 e. The maximum Gasteiger partial charge on any atom is 0.399 e. The van der Waals surface area contributed by atoms with Crippen LogP contribution in [-0.2, 0) is 45.6 Å². The van der Waals surface area contributed by atoms with E-state index in [1.165, 1.54) is 0 Å². The summed E-state index contributed by atoms with van der Waals surface area (Å²) in [5.74, 6) is 0.831. The van der Waals surface area contributed by atoms with E-state index < -0.39 is 37.8 Å². The second-order valence-electron chi connectivity index (χ2n) is 19.2. The molecule has 4 atom stereocenters. The van der Waals surface area contributed by atoms with Gasteiger partial charge in [-0.2, -0.15) is 0 Å². The van der Waals surface area contributed by atoms with Gasteiger partial charge < -0.3 is 28.8 Å². The second kappa shape index (κ2) is 19.9. The Kier molecular flexibility index (Phi) is 12.7. The lowest BCUT2D eigenvalue weighted by molar-refractivity contribution is -0.175. The lowest BCUT2D eigenvalue weighted by atomic mass is 9.72. The van der Waals surface area contributed by atoms with Gasteiger partial charge in [-0.3, -0.25) is 9.05 Å². The van der Waals surface area contributed by atoms with Crippen LogP contribution in [0.25, 0.3) is 11.1 Å². The van der Waals surface area contributed by atoms with Crippen molar-refractivity contribution in [1.29, 1.82) is 0 Å². The third-order valence-electron chi connectivity index (χ3n) is 14.1. The standard InChI is InChI=1S/C63H55N2O7P/c1-61(2)68-57-58(69-61)63(51-34-17-7-18-35-51,52-36-19-8-20-37-52)72-73(71-62(57,49-30-13-5-14-31-49)50-32-15-6-16-33-50)70-53-38-22-29-48(41-53)47-28-21-23-44(39-47)40-54(59-64-55(42-66-59)45-24-9-3-10-25-45)60-65-56(43-67-60)46-26-11-4-12-27-46/h3-39,41,55-58,64H,40,42-43H2,1-2H3/b59-54+/t55-,56-,57-,58-/m1/s1. The molecule has 0 saturated carbocycles. The van der Waals surface area contributed by atoms with E-state index in [2.05, 4.69) is 127 Å². The molecule has 1 N–H and O–H groups in total. The van der Waals surface area contributed by atoms with Gasteiger partial charge in [-0.15, -0.1) is 0 Å². The van der Waals surface area contributed by atoms with Gasteiger partial charge >= 0.3 is 8.60 Å². The zero-order valence-electron chi connectivity index (χ0n) is 40.6. The number of rotatable bonds is 12. The van der Waals surface area contributed by atoms with E-state index in [4.69, 9.17) is 37.5 Å². The summed E-state index contributed by atoms with van der Waals surface area (Å²) in [6.45, 7) is 4.87. The highest BCUT2D eigenvalue weighted by Gasteiger charge is 2.67. The average Bonchev–Trinajstić information content (AvgIpc) is 4.21. The minimum absolute atomic E-state index is 0.00198. The summed E-state index contributed by atoms with van der Waals surface area (Å²) in [6.07, 6.45) is -0.930. The Bertz CT molecular complexity index is 3050. The van der Waals surface area contributed by atoms with Crippen molar-refractivity contribution in [2.24, 2.45) is 4.99 Å². The molecule has 8 aromatic carbocycles. The molecule has 12 rings (SSSR count). The van der Waals surface area contributed by atoms with Crippen LogP contribution in [0.5, 0.6) is 5.75 Å². The molecule has 73 heavy (non-hydrogen) atoms. The number of aliphatic imine (C=N–C) groups is 1. The number of ether oxygens (including phenoxy) is 4. The first kappa shape index (κ1) is 46.7. The summed E-state index contributed by atoms with van der Waals surface area (Å²) in [7, 11) is -2.27. The van der Waals surface area contributed by atoms with Crippen LogP contribution in [0.4, 0.5) is 0 Å². The summed E-state index contributed by atoms with van der Waals surface area (Å²) >= 11 is 0. The Morgan fingerprint density at radius 2 is 1.01 bits per heavy atom. The zero-order chi connectivity index (χ0) is 49.2. The number of hydrogen-bond acceptors (Lipinski definition) is 9. The number of fused-ring (bicyclic) bond motifs is 1. The van der Waals surface area contributed by atoms with Crippen LogP contribution in [0, 0.1) is 0 Å². The minimum atomic E-state index is -2.27. The number of benzene rings is 8. The molecule has 0 unspecified atom stereocenters. The lowest BCUT2D eigenvalue weighted by Crippen LogP contribution is -2.53. The molecule has 8 aromatic rings. The first-order chi connectivity index (χ1) is 35.8. The van der Waals surface area contributed by atoms with Crippen molar-refractivity contribution in [3.8, 4) is 16.9 Å². The van der Waals surface area contributed by atoms with Gasteiger partial charge in [-0.05, 0) is 76.1 Å². The molecule has 10 heteroatoms. The monoisotopic (exact) mass is 982 g/mol. The molecular weight excluding hydrogens is 928 g/mol. The van der Waals surface area contributed by atoms with Crippen LogP contribution in [0.2, 0.25) is 0 Å². The van der Waals surface area contributed by atoms with Gasteiger partial charge in [-0.25, -0.2) is 4.99 Å². The first-order valence-corrected chi connectivity index (χ1v) is 26.0. The van der Waals surface area contributed by atoms with E-state index in [0.29, 0.717) is 37.2 Å². The maximum absolute atomic E-state index is 7.63. The van der Waals surface area contributed by atoms with Crippen LogP contribution in [0.3, 0.4) is 0 Å². The lowest BCUT2D eigenvalue weighted by Gasteiger charge is -2.41. The van der Waals surface area contributed by atoms with Crippen molar-refractivity contribution in [2.75, 3.05) is 13.2 Å². The molecule has 0 aromatic heterocycles. The van der Waals surface area contributed by atoms with Gasteiger partial charge in [0.2, 0.25) is 5.90 Å². The quantitative estimate of drug-likeness (QED) is 0.121. The van der Waals surface area contributed by atoms with Crippen molar-refractivity contribution in [2.45, 2.75) is 61.5 Å². The molecule has 4 heterocycles. The molecular formula is C63H55N2O7P. The molecule has 0 radical (unpaired) electrons. The fourth-order valence-corrected chi connectivity index (χ4v) is 12.2. The third-order valence-corrected chi connectivity index (χ3v) is 15.3. The first-order valence-electron chi connectivity index (χ1n) is 24.9. The predicted octanol–water partition coefficient (Wildman–Crippen LogP) is 13.7. The fourth-order valence-electron chi connectivity index (χ4n) is 10.7. The van der Waals surface area contributed by atoms with E-state index in [1.807, 2.05) is 123 Å². The maximum atomic E-state index is 7.63. The van der Waals surface area contributed by atoms with Gasteiger partial charge in [-0.1, -0.05) is 218 Å². The smallest absolute Gasteiger partial charge is 0.399 e. The normalized spacial score (nSPS) is 22.4. The van der Waals surface area contributed by atoms with E-state index >= 15 is 0 Å².